The lowest BCUT2D eigenvalue weighted by Crippen LogP contribution is -2.30. The summed E-state index contributed by atoms with van der Waals surface area (Å²) in [4.78, 5) is 37.8. The molecule has 0 saturated heterocycles. The fraction of sp³-hybridized carbons (Fsp3) is 0.940. The van der Waals surface area contributed by atoms with Crippen LogP contribution >= 0.6 is 0 Å². The minimum absolute atomic E-state index is 0.0643. The summed E-state index contributed by atoms with van der Waals surface area (Å²) in [5, 5.41) is 0. The van der Waals surface area contributed by atoms with E-state index < -0.39 is 6.10 Å². The van der Waals surface area contributed by atoms with Gasteiger partial charge >= 0.3 is 17.9 Å². The highest BCUT2D eigenvalue weighted by molar-refractivity contribution is 5.71. The summed E-state index contributed by atoms with van der Waals surface area (Å²) < 4.78 is 16.8. The van der Waals surface area contributed by atoms with Crippen LogP contribution in [0.25, 0.3) is 0 Å². The van der Waals surface area contributed by atoms with Crippen LogP contribution in [0.4, 0.5) is 0 Å². The summed E-state index contributed by atoms with van der Waals surface area (Å²) >= 11 is 0. The lowest BCUT2D eigenvalue weighted by atomic mass is 10.0. The Morgan fingerprint density at radius 2 is 0.589 bits per heavy atom. The molecule has 0 heterocycles. The number of carbonyl (C=O) groups is 3. The quantitative estimate of drug-likeness (QED) is 0.0347. The number of hydrogen-bond acceptors (Lipinski definition) is 6. The summed E-state index contributed by atoms with van der Waals surface area (Å²) in [6.45, 7) is 11.3. The Labute approximate surface area is 348 Å². The maximum absolute atomic E-state index is 12.8. The Morgan fingerprint density at radius 3 is 0.875 bits per heavy atom. The lowest BCUT2D eigenvalue weighted by molar-refractivity contribution is -0.167. The molecule has 6 heteroatoms. The van der Waals surface area contributed by atoms with Gasteiger partial charge in [-0.25, -0.2) is 0 Å². The minimum Gasteiger partial charge on any atom is -0.462 e. The van der Waals surface area contributed by atoms with Gasteiger partial charge in [0, 0.05) is 19.3 Å². The average molecular weight is 793 g/mol. The molecular weight excluding hydrogens is 697 g/mol. The molecule has 6 nitrogen and oxygen atoms in total. The molecule has 0 saturated carbocycles. The maximum atomic E-state index is 12.8. The molecule has 332 valence electrons. The van der Waals surface area contributed by atoms with Crippen molar-refractivity contribution in [3.63, 3.8) is 0 Å². The van der Waals surface area contributed by atoms with Crippen molar-refractivity contribution in [1.29, 1.82) is 0 Å². The Hall–Kier alpha value is -1.59. The van der Waals surface area contributed by atoms with E-state index in [4.69, 9.17) is 14.2 Å². The summed E-state index contributed by atoms with van der Waals surface area (Å²) in [5.74, 6) is 0.794. The van der Waals surface area contributed by atoms with Crippen molar-refractivity contribution >= 4 is 17.9 Å². The maximum Gasteiger partial charge on any atom is 0.306 e. The first kappa shape index (κ1) is 54.4. The van der Waals surface area contributed by atoms with Crippen LogP contribution in [-0.2, 0) is 28.6 Å². The third-order valence-corrected chi connectivity index (χ3v) is 11.2. The Morgan fingerprint density at radius 1 is 0.339 bits per heavy atom. The van der Waals surface area contributed by atoms with Gasteiger partial charge in [0.25, 0.3) is 0 Å². The first-order valence-electron chi connectivity index (χ1n) is 24.7. The molecular formula is C50H96O6. The fourth-order valence-electron chi connectivity index (χ4n) is 7.46. The van der Waals surface area contributed by atoms with Gasteiger partial charge < -0.3 is 14.2 Å². The minimum atomic E-state index is -0.760. The molecule has 0 N–H and O–H groups in total. The van der Waals surface area contributed by atoms with E-state index in [0.29, 0.717) is 19.3 Å². The number of esters is 3. The van der Waals surface area contributed by atoms with Crippen molar-refractivity contribution in [1.82, 2.24) is 0 Å². The Balaban J connectivity index is 4.30. The van der Waals surface area contributed by atoms with E-state index in [2.05, 4.69) is 34.6 Å². The first-order valence-corrected chi connectivity index (χ1v) is 24.7. The van der Waals surface area contributed by atoms with Crippen molar-refractivity contribution in [2.75, 3.05) is 13.2 Å². The highest BCUT2D eigenvalue weighted by Crippen LogP contribution is 2.17. The molecule has 0 spiro atoms. The molecule has 0 rings (SSSR count). The van der Waals surface area contributed by atoms with Gasteiger partial charge in [0.1, 0.15) is 13.2 Å². The van der Waals surface area contributed by atoms with E-state index in [1.807, 2.05) is 0 Å². The number of ether oxygens (including phenoxy) is 3. The summed E-state index contributed by atoms with van der Waals surface area (Å²) in [7, 11) is 0. The van der Waals surface area contributed by atoms with E-state index in [1.54, 1.807) is 0 Å². The molecule has 0 aliphatic carbocycles. The van der Waals surface area contributed by atoms with Crippen molar-refractivity contribution in [3.05, 3.63) is 0 Å². The topological polar surface area (TPSA) is 78.9 Å². The van der Waals surface area contributed by atoms with Crippen LogP contribution in [0.15, 0.2) is 0 Å². The smallest absolute Gasteiger partial charge is 0.306 e. The van der Waals surface area contributed by atoms with Gasteiger partial charge in [0.05, 0.1) is 0 Å². The van der Waals surface area contributed by atoms with E-state index >= 15 is 0 Å². The molecule has 0 aliphatic rings. The molecule has 56 heavy (non-hydrogen) atoms. The van der Waals surface area contributed by atoms with Gasteiger partial charge in [-0.15, -0.1) is 0 Å². The van der Waals surface area contributed by atoms with Crippen molar-refractivity contribution in [2.45, 2.75) is 278 Å². The average Bonchev–Trinajstić information content (AvgIpc) is 3.16. The fourth-order valence-corrected chi connectivity index (χ4v) is 7.46. The summed E-state index contributed by atoms with van der Waals surface area (Å²) in [5.41, 5.74) is 0. The first-order chi connectivity index (χ1) is 27.2. The largest absolute Gasteiger partial charge is 0.462 e. The second-order valence-electron chi connectivity index (χ2n) is 18.1. The van der Waals surface area contributed by atoms with Crippen molar-refractivity contribution in [3.8, 4) is 0 Å². The molecule has 0 unspecified atom stereocenters. The van der Waals surface area contributed by atoms with Gasteiger partial charge in [0.15, 0.2) is 6.10 Å². The molecule has 0 bridgehead atoms. The number of hydrogen-bond donors (Lipinski definition) is 0. The number of unbranched alkanes of at least 4 members (excludes halogenated alkanes) is 29. The summed E-state index contributed by atoms with van der Waals surface area (Å²) in [6, 6.07) is 0. The zero-order chi connectivity index (χ0) is 41.2. The predicted molar refractivity (Wildman–Crippen MR) is 238 cm³/mol. The van der Waals surface area contributed by atoms with E-state index in [-0.39, 0.29) is 31.1 Å². The van der Waals surface area contributed by atoms with Gasteiger partial charge in [-0.1, -0.05) is 234 Å². The van der Waals surface area contributed by atoms with Gasteiger partial charge in [0.2, 0.25) is 0 Å². The monoisotopic (exact) mass is 793 g/mol. The standard InChI is InChI=1S/C50H96O6/c1-6-7-8-9-10-11-20-25-30-35-40-48(51)54-43-47(44-55-49(52)41-36-31-26-22-17-19-24-29-34-39-46(4)5)56-50(53)42-37-32-27-21-16-14-12-13-15-18-23-28-33-38-45(2)3/h45-47H,6-44H2,1-5H3/t47-/m1/s1. The van der Waals surface area contributed by atoms with E-state index in [0.717, 1.165) is 69.6 Å². The van der Waals surface area contributed by atoms with Crippen LogP contribution in [0.2, 0.25) is 0 Å². The van der Waals surface area contributed by atoms with Crippen LogP contribution < -0.4 is 0 Å². The lowest BCUT2D eigenvalue weighted by Gasteiger charge is -2.18. The third-order valence-electron chi connectivity index (χ3n) is 11.2. The highest BCUT2D eigenvalue weighted by atomic mass is 16.6. The SMILES string of the molecule is CCCCCCCCCCCCC(=O)OC[C@H](COC(=O)CCCCCCCCCCCC(C)C)OC(=O)CCCCCCCCCCCCCCCC(C)C. The second kappa shape index (κ2) is 43.0. The van der Waals surface area contributed by atoms with Gasteiger partial charge in [-0.05, 0) is 31.1 Å². The predicted octanol–water partition coefficient (Wildman–Crippen LogP) is 15.8. The van der Waals surface area contributed by atoms with E-state index in [1.165, 1.54) is 161 Å². The van der Waals surface area contributed by atoms with Crippen molar-refractivity contribution < 1.29 is 28.6 Å². The summed E-state index contributed by atoms with van der Waals surface area (Å²) in [6.07, 6.45) is 42.3. The number of rotatable bonds is 44. The Bertz CT molecular complexity index is 854. The molecule has 0 fully saturated rings. The molecule has 1 atom stereocenters. The van der Waals surface area contributed by atoms with E-state index in [9.17, 15) is 14.4 Å². The Kier molecular flexibility index (Phi) is 41.8. The number of carbonyl (C=O) groups excluding carboxylic acids is 3. The normalized spacial score (nSPS) is 12.1. The molecule has 0 aromatic rings. The highest BCUT2D eigenvalue weighted by Gasteiger charge is 2.19. The molecule has 0 amide bonds. The van der Waals surface area contributed by atoms with Crippen molar-refractivity contribution in [2.24, 2.45) is 11.8 Å². The molecule has 0 radical (unpaired) electrons. The van der Waals surface area contributed by atoms with Crippen LogP contribution in [-0.4, -0.2) is 37.2 Å². The molecule has 0 aromatic carbocycles. The zero-order valence-corrected chi connectivity index (χ0v) is 38.3. The van der Waals surface area contributed by atoms with Crippen LogP contribution in [0.3, 0.4) is 0 Å². The van der Waals surface area contributed by atoms with Gasteiger partial charge in [-0.2, -0.15) is 0 Å². The zero-order valence-electron chi connectivity index (χ0n) is 38.3. The van der Waals surface area contributed by atoms with Crippen LogP contribution in [0, 0.1) is 11.8 Å². The molecule has 0 aliphatic heterocycles. The van der Waals surface area contributed by atoms with Crippen LogP contribution in [0.1, 0.15) is 272 Å². The third kappa shape index (κ3) is 43.5. The van der Waals surface area contributed by atoms with Gasteiger partial charge in [-0.3, -0.25) is 14.4 Å². The molecule has 0 aromatic heterocycles. The van der Waals surface area contributed by atoms with Crippen LogP contribution in [0.5, 0.6) is 0 Å². The second-order valence-corrected chi connectivity index (χ2v) is 18.1.